The molecule has 2 fully saturated rings. The fraction of sp³-hybridized carbons (Fsp3) is 0.481. The Labute approximate surface area is 200 Å². The fourth-order valence-electron chi connectivity index (χ4n) is 5.17. The van der Waals surface area contributed by atoms with Gasteiger partial charge in [0.1, 0.15) is 17.5 Å². The zero-order valence-electron chi connectivity index (χ0n) is 19.4. The summed E-state index contributed by atoms with van der Waals surface area (Å²) in [6, 6.07) is 9.68. The molecule has 3 aromatic rings. The van der Waals surface area contributed by atoms with E-state index >= 15 is 0 Å². The van der Waals surface area contributed by atoms with Gasteiger partial charge < -0.3 is 14.0 Å². The summed E-state index contributed by atoms with van der Waals surface area (Å²) < 4.78 is 13.6. The molecule has 0 radical (unpaired) electrons. The van der Waals surface area contributed by atoms with Crippen LogP contribution in [-0.2, 0) is 11.3 Å². The lowest BCUT2D eigenvalue weighted by molar-refractivity contribution is 0.182. The van der Waals surface area contributed by atoms with Gasteiger partial charge in [0.15, 0.2) is 0 Å². The lowest BCUT2D eigenvalue weighted by atomic mass is 9.87. The van der Waals surface area contributed by atoms with Gasteiger partial charge in [-0.25, -0.2) is 14.8 Å². The van der Waals surface area contributed by atoms with Crippen LogP contribution in [0.4, 0.5) is 5.69 Å². The van der Waals surface area contributed by atoms with E-state index in [1.54, 1.807) is 0 Å². The molecule has 1 aliphatic carbocycles. The van der Waals surface area contributed by atoms with Crippen molar-refractivity contribution in [2.24, 2.45) is 11.8 Å². The average molecular weight is 456 g/mol. The number of hydrogen-bond acceptors (Lipinski definition) is 5. The van der Waals surface area contributed by atoms with Crippen molar-refractivity contribution >= 4 is 16.7 Å². The van der Waals surface area contributed by atoms with Crippen LogP contribution in [0.1, 0.15) is 50.8 Å². The van der Waals surface area contributed by atoms with Crippen molar-refractivity contribution in [3.8, 4) is 23.1 Å². The molecule has 7 nitrogen and oxygen atoms in total. The normalized spacial score (nSPS) is 18.6. The number of rotatable bonds is 7. The maximum atomic E-state index is 9.56. The van der Waals surface area contributed by atoms with Crippen molar-refractivity contribution in [1.82, 2.24) is 14.5 Å². The minimum absolute atomic E-state index is 0.127. The molecule has 1 saturated heterocycles. The van der Waals surface area contributed by atoms with Crippen LogP contribution in [0, 0.1) is 29.7 Å². The Morgan fingerprint density at radius 3 is 2.79 bits per heavy atom. The molecule has 3 heterocycles. The van der Waals surface area contributed by atoms with E-state index in [4.69, 9.17) is 16.0 Å². The average Bonchev–Trinajstić information content (AvgIpc) is 3.55. The quantitative estimate of drug-likeness (QED) is 0.414. The Balaban J connectivity index is 1.40. The molecule has 0 N–H and O–H groups in total. The van der Waals surface area contributed by atoms with Gasteiger partial charge in [-0.3, -0.25) is 0 Å². The first-order valence-electron chi connectivity index (χ1n) is 12.2. The second kappa shape index (κ2) is 10.2. The molecule has 0 spiro atoms. The van der Waals surface area contributed by atoms with Crippen LogP contribution in [0.15, 0.2) is 30.5 Å². The Bertz CT molecular complexity index is 1240. The summed E-state index contributed by atoms with van der Waals surface area (Å²) in [5, 5.41) is 10.4. The third-order valence-corrected chi connectivity index (χ3v) is 7.06. The molecular weight excluding hydrogens is 426 g/mol. The van der Waals surface area contributed by atoms with Gasteiger partial charge in [-0.2, -0.15) is 5.26 Å². The van der Waals surface area contributed by atoms with Crippen molar-refractivity contribution in [3.63, 3.8) is 0 Å². The molecular formula is C27H29N5O2. The number of nitriles is 1. The van der Waals surface area contributed by atoms with Crippen LogP contribution in [0.3, 0.4) is 0 Å². The smallest absolute Gasteiger partial charge is 0.234 e. The van der Waals surface area contributed by atoms with Crippen molar-refractivity contribution < 1.29 is 9.47 Å². The highest BCUT2D eigenvalue weighted by Crippen LogP contribution is 2.36. The molecule has 1 aliphatic heterocycles. The highest BCUT2D eigenvalue weighted by molar-refractivity contribution is 5.92. The second-order valence-corrected chi connectivity index (χ2v) is 9.38. The minimum Gasteiger partial charge on any atom is -0.505 e. The Morgan fingerprint density at radius 1 is 1.15 bits per heavy atom. The molecule has 1 unspecified atom stereocenters. The van der Waals surface area contributed by atoms with E-state index in [-0.39, 0.29) is 5.82 Å². The largest absolute Gasteiger partial charge is 0.505 e. The highest BCUT2D eigenvalue weighted by Gasteiger charge is 2.20. The van der Waals surface area contributed by atoms with Crippen LogP contribution in [0.25, 0.3) is 27.1 Å². The van der Waals surface area contributed by atoms with Gasteiger partial charge in [0.25, 0.3) is 0 Å². The van der Waals surface area contributed by atoms with Crippen LogP contribution >= 0.6 is 0 Å². The van der Waals surface area contributed by atoms with Gasteiger partial charge in [0.2, 0.25) is 11.5 Å². The molecule has 5 rings (SSSR count). The third-order valence-electron chi connectivity index (χ3n) is 7.06. The van der Waals surface area contributed by atoms with Crippen molar-refractivity contribution in [1.29, 1.82) is 5.26 Å². The third kappa shape index (κ3) is 4.76. The monoisotopic (exact) mass is 455 g/mol. The first kappa shape index (κ1) is 22.4. The van der Waals surface area contributed by atoms with E-state index in [2.05, 4.69) is 25.4 Å². The molecule has 2 aromatic heterocycles. The summed E-state index contributed by atoms with van der Waals surface area (Å²) in [5.41, 5.74) is 2.66. The molecule has 7 heteroatoms. The maximum Gasteiger partial charge on any atom is 0.234 e. The summed E-state index contributed by atoms with van der Waals surface area (Å²) in [6.07, 6.45) is 10.6. The van der Waals surface area contributed by atoms with Gasteiger partial charge >= 0.3 is 0 Å². The number of ether oxygens (including phenoxy) is 2. The van der Waals surface area contributed by atoms with E-state index in [0.717, 1.165) is 55.1 Å². The first-order valence-corrected chi connectivity index (χ1v) is 12.2. The van der Waals surface area contributed by atoms with Gasteiger partial charge in [0, 0.05) is 30.7 Å². The number of fused-ring (bicyclic) bond motifs is 1. The molecule has 174 valence electrons. The predicted molar refractivity (Wildman–Crippen MR) is 130 cm³/mol. The topological polar surface area (TPSA) is 77.3 Å². The lowest BCUT2D eigenvalue weighted by Crippen LogP contribution is -2.11. The Kier molecular flexibility index (Phi) is 6.74. The second-order valence-electron chi connectivity index (χ2n) is 9.38. The summed E-state index contributed by atoms with van der Waals surface area (Å²) >= 11 is 0. The van der Waals surface area contributed by atoms with E-state index in [0.29, 0.717) is 29.7 Å². The number of aromatic nitrogens is 3. The predicted octanol–water partition coefficient (Wildman–Crippen LogP) is 5.91. The number of nitrogens with zero attached hydrogens (tertiary/aromatic N) is 5. The van der Waals surface area contributed by atoms with Crippen LogP contribution in [0.2, 0.25) is 0 Å². The zero-order chi connectivity index (χ0) is 23.3. The highest BCUT2D eigenvalue weighted by atomic mass is 16.5. The van der Waals surface area contributed by atoms with E-state index in [1.165, 1.54) is 32.1 Å². The van der Waals surface area contributed by atoms with E-state index in [9.17, 15) is 5.26 Å². The fourth-order valence-corrected chi connectivity index (χ4v) is 5.17. The molecule has 34 heavy (non-hydrogen) atoms. The van der Waals surface area contributed by atoms with Gasteiger partial charge in [-0.15, -0.1) is 0 Å². The Morgan fingerprint density at radius 2 is 2.03 bits per heavy atom. The number of benzene rings is 1. The standard InChI is InChI=1S/C27H29N5O2/c1-29-23-15-21(7-8-24(23)34-14-11-19-5-3-2-4-6-19)26-22-9-12-32(17-20-10-13-33-18-20)27(22)31-25(16-28)30-26/h7-9,12,15,19-20H,2-6,10-11,13-14,17-18H2. The van der Waals surface area contributed by atoms with Gasteiger partial charge in [-0.1, -0.05) is 38.2 Å². The summed E-state index contributed by atoms with van der Waals surface area (Å²) in [5.74, 6) is 1.92. The van der Waals surface area contributed by atoms with E-state index < -0.39 is 0 Å². The molecule has 1 atom stereocenters. The lowest BCUT2D eigenvalue weighted by Gasteiger charge is -2.21. The summed E-state index contributed by atoms with van der Waals surface area (Å²) in [6.45, 7) is 10.7. The maximum absolute atomic E-state index is 9.56. The molecule has 2 aliphatic rings. The molecule has 1 saturated carbocycles. The molecule has 0 bridgehead atoms. The molecule has 0 amide bonds. The Hall–Kier alpha value is -3.42. The van der Waals surface area contributed by atoms with Gasteiger partial charge in [-0.05, 0) is 42.5 Å². The van der Waals surface area contributed by atoms with Crippen LogP contribution in [-0.4, -0.2) is 34.4 Å². The zero-order valence-corrected chi connectivity index (χ0v) is 19.4. The van der Waals surface area contributed by atoms with Crippen LogP contribution < -0.4 is 4.74 Å². The van der Waals surface area contributed by atoms with Crippen LogP contribution in [0.5, 0.6) is 5.75 Å². The SMILES string of the molecule is [C-]#[N+]c1cc(-c2nc(C#N)nc3c2ccn3CC2CCOC2)ccc1OCCC1CCCCC1. The summed E-state index contributed by atoms with van der Waals surface area (Å²) in [7, 11) is 0. The minimum atomic E-state index is 0.127. The van der Waals surface area contributed by atoms with Crippen molar-refractivity contribution in [2.75, 3.05) is 19.8 Å². The molecule has 1 aromatic carbocycles. The van der Waals surface area contributed by atoms with Crippen molar-refractivity contribution in [2.45, 2.75) is 51.5 Å². The van der Waals surface area contributed by atoms with Crippen molar-refractivity contribution in [3.05, 3.63) is 47.7 Å². The number of hydrogen-bond donors (Lipinski definition) is 0. The first-order chi connectivity index (χ1) is 16.7. The van der Waals surface area contributed by atoms with Gasteiger partial charge in [0.05, 0.1) is 25.5 Å². The summed E-state index contributed by atoms with van der Waals surface area (Å²) in [4.78, 5) is 12.7. The van der Waals surface area contributed by atoms with E-state index in [1.807, 2.05) is 30.5 Å².